The average Bonchev–Trinajstić information content (AvgIpc) is 3.20. The van der Waals surface area contributed by atoms with Gasteiger partial charge in [0.05, 0.1) is 6.26 Å². The molecular formula is C22H16BrNO3. The SMILES string of the molecule is O=C(C=Cc1ccco1)Nc1ccc(C=CC(=O)c2ccc(Br)cc2)cc1. The smallest absolute Gasteiger partial charge is 0.248 e. The van der Waals surface area contributed by atoms with Crippen molar-refractivity contribution in [3.63, 3.8) is 0 Å². The highest BCUT2D eigenvalue weighted by Crippen LogP contribution is 2.14. The van der Waals surface area contributed by atoms with Crippen molar-refractivity contribution in [1.82, 2.24) is 0 Å². The first-order valence-corrected chi connectivity index (χ1v) is 9.00. The van der Waals surface area contributed by atoms with Gasteiger partial charge >= 0.3 is 0 Å². The minimum Gasteiger partial charge on any atom is -0.465 e. The summed E-state index contributed by atoms with van der Waals surface area (Å²) in [5.74, 6) is 0.295. The Morgan fingerprint density at radius 2 is 1.63 bits per heavy atom. The fourth-order valence-corrected chi connectivity index (χ4v) is 2.55. The van der Waals surface area contributed by atoms with Crippen LogP contribution in [0.25, 0.3) is 12.2 Å². The number of rotatable bonds is 6. The van der Waals surface area contributed by atoms with Crippen LogP contribution < -0.4 is 5.32 Å². The fourth-order valence-electron chi connectivity index (χ4n) is 2.29. The summed E-state index contributed by atoms with van der Waals surface area (Å²) in [5.41, 5.74) is 2.16. The summed E-state index contributed by atoms with van der Waals surface area (Å²) in [6, 6.07) is 17.9. The van der Waals surface area contributed by atoms with Crippen LogP contribution in [0.1, 0.15) is 21.7 Å². The molecule has 5 heteroatoms. The van der Waals surface area contributed by atoms with Crippen molar-refractivity contribution in [2.45, 2.75) is 0 Å². The molecule has 0 saturated heterocycles. The van der Waals surface area contributed by atoms with E-state index in [1.807, 2.05) is 24.3 Å². The van der Waals surface area contributed by atoms with Crippen molar-refractivity contribution in [2.75, 3.05) is 5.32 Å². The Labute approximate surface area is 165 Å². The van der Waals surface area contributed by atoms with E-state index in [0.717, 1.165) is 10.0 Å². The van der Waals surface area contributed by atoms with E-state index in [0.29, 0.717) is 17.0 Å². The number of amides is 1. The van der Waals surface area contributed by atoms with E-state index in [2.05, 4.69) is 21.2 Å². The van der Waals surface area contributed by atoms with Gasteiger partial charge in [-0.15, -0.1) is 0 Å². The van der Waals surface area contributed by atoms with Gasteiger partial charge in [0.25, 0.3) is 0 Å². The van der Waals surface area contributed by atoms with Crippen LogP contribution in [0.15, 0.2) is 88.0 Å². The summed E-state index contributed by atoms with van der Waals surface area (Å²) in [5, 5.41) is 2.76. The Bertz CT molecular complexity index is 969. The molecule has 1 heterocycles. The van der Waals surface area contributed by atoms with Crippen LogP contribution in [-0.2, 0) is 4.79 Å². The van der Waals surface area contributed by atoms with Gasteiger partial charge in [0.2, 0.25) is 5.91 Å². The number of benzene rings is 2. The van der Waals surface area contributed by atoms with Crippen molar-refractivity contribution in [2.24, 2.45) is 0 Å². The van der Waals surface area contributed by atoms with E-state index < -0.39 is 0 Å². The number of hydrogen-bond acceptors (Lipinski definition) is 3. The largest absolute Gasteiger partial charge is 0.465 e. The summed E-state index contributed by atoms with van der Waals surface area (Å²) >= 11 is 3.35. The summed E-state index contributed by atoms with van der Waals surface area (Å²) in [4.78, 5) is 24.0. The maximum atomic E-state index is 12.1. The van der Waals surface area contributed by atoms with Crippen molar-refractivity contribution in [3.8, 4) is 0 Å². The second-order valence-corrected chi connectivity index (χ2v) is 6.58. The summed E-state index contributed by atoms with van der Waals surface area (Å²) in [6.45, 7) is 0. The van der Waals surface area contributed by atoms with Gasteiger partial charge in [-0.1, -0.05) is 34.1 Å². The van der Waals surface area contributed by atoms with Gasteiger partial charge in [0.1, 0.15) is 5.76 Å². The molecule has 4 nitrogen and oxygen atoms in total. The van der Waals surface area contributed by atoms with Crippen LogP contribution >= 0.6 is 15.9 Å². The Morgan fingerprint density at radius 1 is 0.889 bits per heavy atom. The second kappa shape index (κ2) is 8.96. The predicted octanol–water partition coefficient (Wildman–Crippen LogP) is 5.59. The van der Waals surface area contributed by atoms with Crippen LogP contribution in [0.5, 0.6) is 0 Å². The highest BCUT2D eigenvalue weighted by atomic mass is 79.9. The Kier molecular flexibility index (Phi) is 6.18. The van der Waals surface area contributed by atoms with E-state index in [-0.39, 0.29) is 11.7 Å². The topological polar surface area (TPSA) is 59.3 Å². The number of allylic oxidation sites excluding steroid dienone is 1. The van der Waals surface area contributed by atoms with Gasteiger partial charge < -0.3 is 9.73 Å². The fraction of sp³-hybridized carbons (Fsp3) is 0. The van der Waals surface area contributed by atoms with Crippen LogP contribution in [0.2, 0.25) is 0 Å². The number of carbonyl (C=O) groups is 2. The number of furan rings is 1. The normalized spacial score (nSPS) is 11.1. The molecule has 3 rings (SSSR count). The molecule has 0 unspecified atom stereocenters. The lowest BCUT2D eigenvalue weighted by Crippen LogP contribution is -2.07. The number of hydrogen-bond donors (Lipinski definition) is 1. The molecule has 0 aliphatic rings. The number of carbonyl (C=O) groups excluding carboxylic acids is 2. The second-order valence-electron chi connectivity index (χ2n) is 5.66. The monoisotopic (exact) mass is 421 g/mol. The van der Waals surface area contributed by atoms with E-state index in [1.54, 1.807) is 54.8 Å². The van der Waals surface area contributed by atoms with Crippen LogP contribution in [0.3, 0.4) is 0 Å². The number of halogens is 1. The molecule has 0 spiro atoms. The minimum atomic E-state index is -0.250. The van der Waals surface area contributed by atoms with Crippen molar-refractivity contribution < 1.29 is 14.0 Å². The van der Waals surface area contributed by atoms with Crippen LogP contribution in [-0.4, -0.2) is 11.7 Å². The number of nitrogens with one attached hydrogen (secondary N) is 1. The third kappa shape index (κ3) is 5.66. The van der Waals surface area contributed by atoms with Crippen molar-refractivity contribution in [1.29, 1.82) is 0 Å². The predicted molar refractivity (Wildman–Crippen MR) is 110 cm³/mol. The highest BCUT2D eigenvalue weighted by Gasteiger charge is 2.02. The standard InChI is InChI=1S/C22H16BrNO3/c23-18-8-6-17(7-9-18)21(25)13-5-16-3-10-19(11-4-16)24-22(26)14-12-20-2-1-15-27-20/h1-15H,(H,24,26). The molecule has 0 bridgehead atoms. The zero-order chi connectivity index (χ0) is 19.1. The van der Waals surface area contributed by atoms with E-state index in [9.17, 15) is 9.59 Å². The molecule has 3 aromatic rings. The first-order chi connectivity index (χ1) is 13.1. The van der Waals surface area contributed by atoms with Crippen LogP contribution in [0, 0.1) is 0 Å². The molecule has 1 N–H and O–H groups in total. The Morgan fingerprint density at radius 3 is 2.30 bits per heavy atom. The highest BCUT2D eigenvalue weighted by molar-refractivity contribution is 9.10. The molecule has 0 saturated carbocycles. The lowest BCUT2D eigenvalue weighted by atomic mass is 10.1. The van der Waals surface area contributed by atoms with Gasteiger partial charge in [0, 0.05) is 21.8 Å². The molecule has 2 aromatic carbocycles. The molecule has 134 valence electrons. The summed E-state index contributed by atoms with van der Waals surface area (Å²) < 4.78 is 6.06. The first kappa shape index (κ1) is 18.6. The van der Waals surface area contributed by atoms with E-state index in [4.69, 9.17) is 4.42 Å². The molecule has 27 heavy (non-hydrogen) atoms. The van der Waals surface area contributed by atoms with Gasteiger partial charge in [-0.25, -0.2) is 0 Å². The Balaban J connectivity index is 1.57. The minimum absolute atomic E-state index is 0.0667. The summed E-state index contributed by atoms with van der Waals surface area (Å²) in [6.07, 6.45) is 7.82. The molecule has 1 aromatic heterocycles. The van der Waals surface area contributed by atoms with Gasteiger partial charge in [-0.3, -0.25) is 9.59 Å². The average molecular weight is 422 g/mol. The van der Waals surface area contributed by atoms with Crippen molar-refractivity contribution in [3.05, 3.63) is 100 Å². The van der Waals surface area contributed by atoms with E-state index in [1.165, 1.54) is 12.2 Å². The number of ketones is 1. The Hall–Kier alpha value is -3.18. The molecule has 0 aliphatic heterocycles. The third-order valence-corrected chi connectivity index (χ3v) is 4.20. The zero-order valence-corrected chi connectivity index (χ0v) is 15.8. The quantitative estimate of drug-likeness (QED) is 0.416. The molecule has 0 radical (unpaired) electrons. The molecular weight excluding hydrogens is 406 g/mol. The van der Waals surface area contributed by atoms with Crippen LogP contribution in [0.4, 0.5) is 5.69 Å². The van der Waals surface area contributed by atoms with Gasteiger partial charge in [-0.05, 0) is 66.2 Å². The molecule has 1 amide bonds. The number of anilines is 1. The van der Waals surface area contributed by atoms with Gasteiger partial charge in [-0.2, -0.15) is 0 Å². The zero-order valence-electron chi connectivity index (χ0n) is 14.3. The molecule has 0 atom stereocenters. The molecule has 0 aliphatic carbocycles. The maximum Gasteiger partial charge on any atom is 0.248 e. The summed E-state index contributed by atoms with van der Waals surface area (Å²) in [7, 11) is 0. The third-order valence-electron chi connectivity index (χ3n) is 3.68. The van der Waals surface area contributed by atoms with E-state index >= 15 is 0 Å². The van der Waals surface area contributed by atoms with Crippen molar-refractivity contribution >= 4 is 45.5 Å². The lowest BCUT2D eigenvalue weighted by molar-refractivity contribution is -0.111. The molecule has 0 fully saturated rings. The lowest BCUT2D eigenvalue weighted by Gasteiger charge is -2.02. The maximum absolute atomic E-state index is 12.1. The first-order valence-electron chi connectivity index (χ1n) is 8.21. The van der Waals surface area contributed by atoms with Gasteiger partial charge in [0.15, 0.2) is 5.78 Å².